The van der Waals surface area contributed by atoms with E-state index >= 15 is 0 Å². The van der Waals surface area contributed by atoms with Gasteiger partial charge in [0.2, 0.25) is 0 Å². The zero-order chi connectivity index (χ0) is 18.7. The van der Waals surface area contributed by atoms with Crippen molar-refractivity contribution >= 4 is 32.6 Å². The molecule has 0 saturated heterocycles. The first-order chi connectivity index (χ1) is 12.5. The first kappa shape index (κ1) is 18.4. The predicted molar refractivity (Wildman–Crippen MR) is 107 cm³/mol. The van der Waals surface area contributed by atoms with Gasteiger partial charge in [0.05, 0.1) is 50.1 Å². The summed E-state index contributed by atoms with van der Waals surface area (Å²) < 4.78 is 6.48. The van der Waals surface area contributed by atoms with Crippen LogP contribution in [0.4, 0.5) is 5.13 Å². The molecule has 1 heterocycles. The minimum atomic E-state index is -0.0838. The van der Waals surface area contributed by atoms with E-state index in [4.69, 9.17) is 9.72 Å². The Morgan fingerprint density at radius 1 is 1.23 bits per heavy atom. The van der Waals surface area contributed by atoms with Gasteiger partial charge in [-0.05, 0) is 36.8 Å². The van der Waals surface area contributed by atoms with E-state index in [-0.39, 0.29) is 5.91 Å². The van der Waals surface area contributed by atoms with Gasteiger partial charge in [0.15, 0.2) is 5.13 Å². The van der Waals surface area contributed by atoms with Crippen molar-refractivity contribution in [1.29, 1.82) is 0 Å². The second kappa shape index (κ2) is 7.85. The van der Waals surface area contributed by atoms with Gasteiger partial charge < -0.3 is 9.64 Å². The van der Waals surface area contributed by atoms with Crippen molar-refractivity contribution in [3.63, 3.8) is 0 Å². The van der Waals surface area contributed by atoms with Crippen molar-refractivity contribution in [3.05, 3.63) is 53.6 Å². The minimum absolute atomic E-state index is 0.0838. The Hall–Kier alpha value is -2.44. The number of para-hydroxylation sites is 1. The van der Waals surface area contributed by atoms with Crippen molar-refractivity contribution in [2.75, 3.05) is 39.2 Å². The van der Waals surface area contributed by atoms with Gasteiger partial charge in [-0.15, -0.1) is 0 Å². The number of carbonyl (C=O) groups excluding carboxylic acids is 1. The standard InChI is InChI=1S/C20H23N3O2S/c1-14-9-10-16-18(13-14)26-20(21-16)23(12-11-22(2)3)19(24)15-7-5-6-8-17(15)25-4/h5-10,13H,11-12H2,1-4H3/p+1. The molecule has 2 aromatic carbocycles. The lowest BCUT2D eigenvalue weighted by atomic mass is 10.1. The van der Waals surface area contributed by atoms with Crippen molar-refractivity contribution < 1.29 is 14.4 Å². The third-order valence-electron chi connectivity index (χ3n) is 4.18. The summed E-state index contributed by atoms with van der Waals surface area (Å²) in [5.74, 6) is 0.496. The highest BCUT2D eigenvalue weighted by molar-refractivity contribution is 7.22. The lowest BCUT2D eigenvalue weighted by Gasteiger charge is -2.21. The number of ether oxygens (including phenoxy) is 1. The van der Waals surface area contributed by atoms with Gasteiger partial charge in [0.1, 0.15) is 5.75 Å². The van der Waals surface area contributed by atoms with Crippen LogP contribution >= 0.6 is 11.3 Å². The number of methoxy groups -OCH3 is 1. The first-order valence-corrected chi connectivity index (χ1v) is 9.42. The highest BCUT2D eigenvalue weighted by Crippen LogP contribution is 2.31. The Bertz CT molecular complexity index is 920. The summed E-state index contributed by atoms with van der Waals surface area (Å²) in [7, 11) is 5.74. The van der Waals surface area contributed by atoms with Crippen LogP contribution < -0.4 is 14.5 Å². The number of fused-ring (bicyclic) bond motifs is 1. The number of benzene rings is 2. The molecule has 5 nitrogen and oxygen atoms in total. The molecule has 3 aromatic rings. The fourth-order valence-corrected chi connectivity index (χ4v) is 3.81. The van der Waals surface area contributed by atoms with Gasteiger partial charge in [0.25, 0.3) is 5.91 Å². The molecule has 26 heavy (non-hydrogen) atoms. The van der Waals surface area contributed by atoms with Crippen LogP contribution in [-0.2, 0) is 0 Å². The maximum Gasteiger partial charge on any atom is 0.264 e. The molecule has 1 N–H and O–H groups in total. The number of carbonyl (C=O) groups is 1. The molecule has 136 valence electrons. The van der Waals surface area contributed by atoms with E-state index in [0.717, 1.165) is 21.9 Å². The van der Waals surface area contributed by atoms with Gasteiger partial charge >= 0.3 is 0 Å². The maximum atomic E-state index is 13.3. The molecule has 0 aliphatic heterocycles. The molecule has 0 radical (unpaired) electrons. The topological polar surface area (TPSA) is 46.9 Å². The number of rotatable bonds is 6. The Morgan fingerprint density at radius 2 is 2.00 bits per heavy atom. The summed E-state index contributed by atoms with van der Waals surface area (Å²) in [6.07, 6.45) is 0. The fourth-order valence-electron chi connectivity index (χ4n) is 2.72. The molecule has 0 spiro atoms. The second-order valence-corrected chi connectivity index (χ2v) is 7.59. The van der Waals surface area contributed by atoms with E-state index in [9.17, 15) is 4.79 Å². The van der Waals surface area contributed by atoms with E-state index in [2.05, 4.69) is 27.1 Å². The molecule has 0 fully saturated rings. The van der Waals surface area contributed by atoms with E-state index in [1.165, 1.54) is 10.5 Å². The molecule has 0 unspecified atom stereocenters. The molecule has 0 atom stereocenters. The number of nitrogens with zero attached hydrogens (tertiary/aromatic N) is 2. The van der Waals surface area contributed by atoms with Gasteiger partial charge in [0, 0.05) is 0 Å². The summed E-state index contributed by atoms with van der Waals surface area (Å²) >= 11 is 1.55. The van der Waals surface area contributed by atoms with Gasteiger partial charge in [-0.1, -0.05) is 29.5 Å². The summed E-state index contributed by atoms with van der Waals surface area (Å²) in [6, 6.07) is 13.5. The Balaban J connectivity index is 2.01. The summed E-state index contributed by atoms with van der Waals surface area (Å²) in [6.45, 7) is 3.49. The molecule has 6 heteroatoms. The van der Waals surface area contributed by atoms with Crippen LogP contribution in [0.2, 0.25) is 0 Å². The summed E-state index contributed by atoms with van der Waals surface area (Å²) in [5, 5.41) is 0.725. The highest BCUT2D eigenvalue weighted by atomic mass is 32.1. The fraction of sp³-hybridized carbons (Fsp3) is 0.300. The zero-order valence-corrected chi connectivity index (χ0v) is 16.4. The number of hydrogen-bond donors (Lipinski definition) is 1. The molecule has 0 bridgehead atoms. The number of aromatic nitrogens is 1. The normalized spacial score (nSPS) is 11.1. The average Bonchev–Trinajstić information content (AvgIpc) is 3.04. The average molecular weight is 370 g/mol. The third kappa shape index (κ3) is 3.86. The van der Waals surface area contributed by atoms with Crippen LogP contribution in [0.25, 0.3) is 10.2 Å². The Morgan fingerprint density at radius 3 is 2.73 bits per heavy atom. The predicted octanol–water partition coefficient (Wildman–Crippen LogP) is 2.40. The zero-order valence-electron chi connectivity index (χ0n) is 15.6. The van der Waals surface area contributed by atoms with E-state index in [1.807, 2.05) is 30.3 Å². The second-order valence-electron chi connectivity index (χ2n) is 6.58. The summed E-state index contributed by atoms with van der Waals surface area (Å²) in [5.41, 5.74) is 2.66. The van der Waals surface area contributed by atoms with Crippen LogP contribution in [0.3, 0.4) is 0 Å². The maximum absolute atomic E-state index is 13.3. The molecule has 1 amide bonds. The SMILES string of the molecule is COc1ccccc1C(=O)N(CC[NH+](C)C)c1nc2ccc(C)cc2s1. The highest BCUT2D eigenvalue weighted by Gasteiger charge is 2.24. The smallest absolute Gasteiger partial charge is 0.264 e. The number of hydrogen-bond acceptors (Lipinski definition) is 4. The van der Waals surface area contributed by atoms with Crippen LogP contribution in [0.15, 0.2) is 42.5 Å². The molecule has 3 rings (SSSR count). The van der Waals surface area contributed by atoms with Crippen molar-refractivity contribution in [2.24, 2.45) is 0 Å². The van der Waals surface area contributed by atoms with Crippen LogP contribution in [0, 0.1) is 6.92 Å². The first-order valence-electron chi connectivity index (χ1n) is 8.60. The lowest BCUT2D eigenvalue weighted by molar-refractivity contribution is -0.856. The minimum Gasteiger partial charge on any atom is -0.496 e. The molecular weight excluding hydrogens is 346 g/mol. The Labute approximate surface area is 157 Å². The molecular formula is C20H24N3O2S+. The van der Waals surface area contributed by atoms with Gasteiger partial charge in [-0.25, -0.2) is 4.98 Å². The molecule has 0 aliphatic carbocycles. The van der Waals surface area contributed by atoms with E-state index in [1.54, 1.807) is 29.4 Å². The molecule has 1 aromatic heterocycles. The molecule has 0 saturated carbocycles. The number of aryl methyl sites for hydroxylation is 1. The number of anilines is 1. The van der Waals surface area contributed by atoms with Crippen LogP contribution in [0.1, 0.15) is 15.9 Å². The lowest BCUT2D eigenvalue weighted by Crippen LogP contribution is -3.06. The summed E-state index contributed by atoms with van der Waals surface area (Å²) in [4.78, 5) is 21.0. The largest absolute Gasteiger partial charge is 0.496 e. The van der Waals surface area contributed by atoms with Crippen LogP contribution in [0.5, 0.6) is 5.75 Å². The monoisotopic (exact) mass is 370 g/mol. The third-order valence-corrected chi connectivity index (χ3v) is 5.22. The van der Waals surface area contributed by atoms with Crippen molar-refractivity contribution in [1.82, 2.24) is 4.98 Å². The van der Waals surface area contributed by atoms with Gasteiger partial charge in [-0.2, -0.15) is 0 Å². The molecule has 0 aliphatic rings. The number of quaternary nitrogens is 1. The van der Waals surface area contributed by atoms with Gasteiger partial charge in [-0.3, -0.25) is 9.69 Å². The van der Waals surface area contributed by atoms with E-state index in [0.29, 0.717) is 17.9 Å². The van der Waals surface area contributed by atoms with Crippen molar-refractivity contribution in [2.45, 2.75) is 6.92 Å². The quantitative estimate of drug-likeness (QED) is 0.725. The number of likely N-dealkylation sites (N-methyl/N-ethyl adjacent to an activating group) is 1. The van der Waals surface area contributed by atoms with Crippen molar-refractivity contribution in [3.8, 4) is 5.75 Å². The van der Waals surface area contributed by atoms with Crippen LogP contribution in [-0.4, -0.2) is 45.2 Å². The Kier molecular flexibility index (Phi) is 5.54. The van der Waals surface area contributed by atoms with E-state index < -0.39 is 0 Å². The number of nitrogens with one attached hydrogen (secondary N) is 1. The number of amides is 1. The number of thiazole rings is 1.